The van der Waals surface area contributed by atoms with Crippen molar-refractivity contribution in [3.05, 3.63) is 36.2 Å². The van der Waals surface area contributed by atoms with Gasteiger partial charge in [0.15, 0.2) is 0 Å². The Hall–Kier alpha value is -3.07. The quantitative estimate of drug-likeness (QED) is 0.551. The zero-order chi connectivity index (χ0) is 23.4. The van der Waals surface area contributed by atoms with Crippen molar-refractivity contribution >= 4 is 22.8 Å². The standard InChI is InChI=1S/C24H34N6O3/c1-24(2,3)21-9-12-29(27-21)11-6-5-10-25-22(31)30-20-17-18(28-13-15-33-16-14-28)7-8-19(20)26-23(30)32-4/h7-9,12,17H,5-6,10-11,13-16H2,1-4H3,(H,25,31). The number of ether oxygens (including phenoxy) is 2. The van der Waals surface area contributed by atoms with Gasteiger partial charge in [-0.1, -0.05) is 20.8 Å². The van der Waals surface area contributed by atoms with Crippen LogP contribution in [-0.4, -0.2) is 65.3 Å². The summed E-state index contributed by atoms with van der Waals surface area (Å²) in [5.74, 6) is 0. The van der Waals surface area contributed by atoms with Crippen LogP contribution in [0.15, 0.2) is 30.5 Å². The van der Waals surface area contributed by atoms with Crippen LogP contribution in [0, 0.1) is 0 Å². The van der Waals surface area contributed by atoms with Crippen LogP contribution in [0.3, 0.4) is 0 Å². The number of hydrogen-bond donors (Lipinski definition) is 1. The van der Waals surface area contributed by atoms with E-state index >= 15 is 0 Å². The number of nitrogens with zero attached hydrogens (tertiary/aromatic N) is 5. The number of aromatic nitrogens is 4. The van der Waals surface area contributed by atoms with E-state index < -0.39 is 0 Å². The summed E-state index contributed by atoms with van der Waals surface area (Å²) in [7, 11) is 1.53. The molecule has 0 atom stereocenters. The Balaban J connectivity index is 1.37. The third kappa shape index (κ3) is 5.30. The van der Waals surface area contributed by atoms with Gasteiger partial charge < -0.3 is 19.7 Å². The second-order valence-corrected chi connectivity index (χ2v) is 9.36. The van der Waals surface area contributed by atoms with Gasteiger partial charge in [0.25, 0.3) is 0 Å². The highest BCUT2D eigenvalue weighted by atomic mass is 16.5. The minimum Gasteiger partial charge on any atom is -0.468 e. The maximum Gasteiger partial charge on any atom is 0.330 e. The molecule has 1 N–H and O–H groups in total. The first-order valence-electron chi connectivity index (χ1n) is 11.6. The van der Waals surface area contributed by atoms with Crippen LogP contribution in [0.4, 0.5) is 10.5 Å². The number of unbranched alkanes of at least 4 members (excludes halogenated alkanes) is 1. The molecular weight excluding hydrogens is 420 g/mol. The van der Waals surface area contributed by atoms with Crippen LogP contribution in [0.1, 0.15) is 39.3 Å². The van der Waals surface area contributed by atoms with Gasteiger partial charge in [0.1, 0.15) is 0 Å². The summed E-state index contributed by atoms with van der Waals surface area (Å²) in [4.78, 5) is 19.7. The molecule has 9 heteroatoms. The third-order valence-electron chi connectivity index (χ3n) is 5.87. The van der Waals surface area contributed by atoms with E-state index in [1.807, 2.05) is 29.1 Å². The summed E-state index contributed by atoms with van der Waals surface area (Å²) in [6.07, 6.45) is 3.80. The van der Waals surface area contributed by atoms with Crippen LogP contribution in [0.5, 0.6) is 6.01 Å². The lowest BCUT2D eigenvalue weighted by Crippen LogP contribution is -2.36. The fraction of sp³-hybridized carbons (Fsp3) is 0.542. The summed E-state index contributed by atoms with van der Waals surface area (Å²) in [6.45, 7) is 10.9. The minimum atomic E-state index is -0.234. The van der Waals surface area contributed by atoms with Crippen LogP contribution in [-0.2, 0) is 16.7 Å². The molecule has 1 aromatic carbocycles. The lowest BCUT2D eigenvalue weighted by molar-refractivity contribution is 0.122. The van der Waals surface area contributed by atoms with Crippen molar-refractivity contribution in [2.75, 3.05) is 44.9 Å². The van der Waals surface area contributed by atoms with Crippen LogP contribution >= 0.6 is 0 Å². The highest BCUT2D eigenvalue weighted by molar-refractivity contribution is 5.92. The first kappa shape index (κ1) is 23.1. The summed E-state index contributed by atoms with van der Waals surface area (Å²) < 4.78 is 14.3. The van der Waals surface area contributed by atoms with Gasteiger partial charge >= 0.3 is 12.0 Å². The number of morpholine rings is 1. The number of fused-ring (bicyclic) bond motifs is 1. The summed E-state index contributed by atoms with van der Waals surface area (Å²) in [5.41, 5.74) is 3.66. The first-order valence-corrected chi connectivity index (χ1v) is 11.6. The second-order valence-electron chi connectivity index (χ2n) is 9.36. The molecule has 0 saturated carbocycles. The number of aryl methyl sites for hydroxylation is 1. The smallest absolute Gasteiger partial charge is 0.330 e. The van der Waals surface area contributed by atoms with Crippen LogP contribution in [0.2, 0.25) is 0 Å². The molecule has 1 saturated heterocycles. The zero-order valence-corrected chi connectivity index (χ0v) is 20.0. The van der Waals surface area contributed by atoms with Crippen molar-refractivity contribution < 1.29 is 14.3 Å². The molecule has 0 spiro atoms. The highest BCUT2D eigenvalue weighted by Gasteiger charge is 2.20. The molecule has 2 aromatic heterocycles. The Labute approximate surface area is 194 Å². The summed E-state index contributed by atoms with van der Waals surface area (Å²) >= 11 is 0. The number of amides is 1. The molecule has 0 unspecified atom stereocenters. The summed E-state index contributed by atoms with van der Waals surface area (Å²) in [6, 6.07) is 8.09. The van der Waals surface area contributed by atoms with Gasteiger partial charge in [-0.2, -0.15) is 10.1 Å². The molecule has 33 heavy (non-hydrogen) atoms. The number of imidazole rings is 1. The number of anilines is 1. The molecule has 0 radical (unpaired) electrons. The van der Waals surface area contributed by atoms with E-state index in [1.54, 1.807) is 0 Å². The second kappa shape index (κ2) is 9.82. The van der Waals surface area contributed by atoms with E-state index in [4.69, 9.17) is 9.47 Å². The fourth-order valence-electron chi connectivity index (χ4n) is 3.95. The van der Waals surface area contributed by atoms with Gasteiger partial charge in [0.2, 0.25) is 0 Å². The number of benzene rings is 1. The Morgan fingerprint density at radius 3 is 2.67 bits per heavy atom. The van der Waals surface area contributed by atoms with Gasteiger partial charge in [-0.25, -0.2) is 9.36 Å². The summed E-state index contributed by atoms with van der Waals surface area (Å²) in [5, 5.41) is 7.65. The fourth-order valence-corrected chi connectivity index (χ4v) is 3.95. The van der Waals surface area contributed by atoms with Gasteiger partial charge in [-0.05, 0) is 37.1 Å². The average Bonchev–Trinajstić information content (AvgIpc) is 3.43. The Morgan fingerprint density at radius 1 is 1.18 bits per heavy atom. The molecule has 0 bridgehead atoms. The van der Waals surface area contributed by atoms with E-state index in [2.05, 4.69) is 47.1 Å². The van der Waals surface area contributed by atoms with Crippen molar-refractivity contribution in [3.63, 3.8) is 0 Å². The minimum absolute atomic E-state index is 0.0491. The predicted molar refractivity (Wildman–Crippen MR) is 128 cm³/mol. The third-order valence-corrected chi connectivity index (χ3v) is 5.87. The number of hydrogen-bond acceptors (Lipinski definition) is 6. The molecule has 1 aliphatic rings. The Kier molecular flexibility index (Phi) is 6.88. The van der Waals surface area contributed by atoms with Gasteiger partial charge in [-0.15, -0.1) is 0 Å². The molecule has 1 fully saturated rings. The van der Waals surface area contributed by atoms with Gasteiger partial charge in [-0.3, -0.25) is 4.68 Å². The predicted octanol–water partition coefficient (Wildman–Crippen LogP) is 3.41. The van der Waals surface area contributed by atoms with Crippen molar-refractivity contribution in [3.8, 4) is 6.01 Å². The lowest BCUT2D eigenvalue weighted by atomic mass is 9.93. The number of carbonyl (C=O) groups is 1. The zero-order valence-electron chi connectivity index (χ0n) is 20.0. The topological polar surface area (TPSA) is 86.4 Å². The molecule has 1 amide bonds. The number of carbonyl (C=O) groups excluding carboxylic acids is 1. The molecule has 9 nitrogen and oxygen atoms in total. The largest absolute Gasteiger partial charge is 0.468 e. The van der Waals surface area contributed by atoms with E-state index in [9.17, 15) is 4.79 Å². The van der Waals surface area contributed by atoms with E-state index in [1.165, 1.54) is 11.7 Å². The molecule has 1 aliphatic heterocycles. The molecular formula is C24H34N6O3. The van der Waals surface area contributed by atoms with E-state index in [0.717, 1.165) is 54.9 Å². The van der Waals surface area contributed by atoms with Crippen molar-refractivity contribution in [2.24, 2.45) is 0 Å². The van der Waals surface area contributed by atoms with Crippen LogP contribution < -0.4 is 15.0 Å². The number of methoxy groups -OCH3 is 1. The van der Waals surface area contributed by atoms with Crippen LogP contribution in [0.25, 0.3) is 11.0 Å². The van der Waals surface area contributed by atoms with Gasteiger partial charge in [0, 0.05) is 43.5 Å². The average molecular weight is 455 g/mol. The molecule has 178 valence electrons. The van der Waals surface area contributed by atoms with Gasteiger partial charge in [0.05, 0.1) is 37.1 Å². The highest BCUT2D eigenvalue weighted by Crippen LogP contribution is 2.26. The molecule has 0 aliphatic carbocycles. The Bertz CT molecular complexity index is 1090. The molecule has 3 aromatic rings. The Morgan fingerprint density at radius 2 is 1.97 bits per heavy atom. The van der Waals surface area contributed by atoms with Crippen molar-refractivity contribution in [2.45, 2.75) is 45.6 Å². The van der Waals surface area contributed by atoms with Crippen molar-refractivity contribution in [1.82, 2.24) is 24.6 Å². The normalized spacial score (nSPS) is 14.6. The van der Waals surface area contributed by atoms with E-state index in [0.29, 0.717) is 19.8 Å². The maximum atomic E-state index is 13.0. The van der Waals surface area contributed by atoms with Crippen molar-refractivity contribution in [1.29, 1.82) is 0 Å². The number of nitrogens with one attached hydrogen (secondary N) is 1. The lowest BCUT2D eigenvalue weighted by Gasteiger charge is -2.28. The first-order chi connectivity index (χ1) is 15.9. The molecule has 4 rings (SSSR count). The monoisotopic (exact) mass is 454 g/mol. The van der Waals surface area contributed by atoms with E-state index in [-0.39, 0.29) is 17.5 Å². The maximum absolute atomic E-state index is 13.0. The molecule has 3 heterocycles. The number of rotatable bonds is 7. The SMILES string of the molecule is COc1nc2ccc(N3CCOCC3)cc2n1C(=O)NCCCCn1ccc(C(C)(C)C)n1.